The van der Waals surface area contributed by atoms with Crippen molar-refractivity contribution in [1.29, 1.82) is 0 Å². The maximum Gasteiger partial charge on any atom is 0.160 e. The molecule has 1 aliphatic heterocycles. The summed E-state index contributed by atoms with van der Waals surface area (Å²) in [6, 6.07) is 0. The number of hydrogen-bond acceptors (Lipinski definition) is 7. The van der Waals surface area contributed by atoms with Crippen LogP contribution in [0.25, 0.3) is 11.0 Å². The summed E-state index contributed by atoms with van der Waals surface area (Å²) in [5, 5.41) is 7.98. The lowest BCUT2D eigenvalue weighted by molar-refractivity contribution is 0.638. The lowest BCUT2D eigenvalue weighted by atomic mass is 10.2. The van der Waals surface area contributed by atoms with E-state index in [0.29, 0.717) is 0 Å². The van der Waals surface area contributed by atoms with Gasteiger partial charge in [-0.15, -0.1) is 0 Å². The van der Waals surface area contributed by atoms with Gasteiger partial charge in [0.15, 0.2) is 5.65 Å². The molecule has 1 aliphatic carbocycles. The molecule has 0 amide bonds. The molecule has 0 atom stereocenters. The molecule has 0 unspecified atom stereocenters. The van der Waals surface area contributed by atoms with Crippen LogP contribution in [0.4, 0.5) is 11.6 Å². The van der Waals surface area contributed by atoms with Crippen LogP contribution in [0.1, 0.15) is 23.5 Å². The van der Waals surface area contributed by atoms with E-state index in [9.17, 15) is 0 Å². The molecule has 3 aromatic rings. The van der Waals surface area contributed by atoms with E-state index in [0.717, 1.165) is 67.5 Å². The normalized spacial score (nSPS) is 17.3. The Morgan fingerprint density at radius 1 is 0.960 bits per heavy atom. The molecule has 0 saturated carbocycles. The van der Waals surface area contributed by atoms with Gasteiger partial charge >= 0.3 is 0 Å². The summed E-state index contributed by atoms with van der Waals surface area (Å²) in [7, 11) is 0. The van der Waals surface area contributed by atoms with E-state index < -0.39 is 0 Å². The molecule has 0 aromatic carbocycles. The van der Waals surface area contributed by atoms with Crippen LogP contribution >= 0.6 is 0 Å². The summed E-state index contributed by atoms with van der Waals surface area (Å²) in [5.41, 5.74) is 3.40. The third kappa shape index (κ3) is 2.40. The van der Waals surface area contributed by atoms with E-state index in [1.807, 2.05) is 6.92 Å². The predicted molar refractivity (Wildman–Crippen MR) is 94.9 cm³/mol. The van der Waals surface area contributed by atoms with Gasteiger partial charge in [-0.3, -0.25) is 5.10 Å². The Kier molecular flexibility index (Phi) is 3.29. The Balaban J connectivity index is 1.40. The van der Waals surface area contributed by atoms with E-state index >= 15 is 0 Å². The fourth-order valence-electron chi connectivity index (χ4n) is 3.93. The van der Waals surface area contributed by atoms with Crippen LogP contribution in [0, 0.1) is 6.92 Å². The SMILES string of the molecule is Cc1nc2c(c(N3CCN(c4ncnc5[nH]ncc45)CC3)n1)CCC2. The van der Waals surface area contributed by atoms with Crippen LogP contribution in [-0.2, 0) is 12.8 Å². The standard InChI is InChI=1S/C17H20N8/c1-11-21-14-4-2-3-12(14)17(22-11)25-7-5-24(6-8-25)16-13-9-20-23-15(13)18-10-19-16/h9-10H,2-8H2,1H3,(H,18,19,20,23). The van der Waals surface area contributed by atoms with Gasteiger partial charge in [0.2, 0.25) is 0 Å². The Bertz CT molecular complexity index is 926. The van der Waals surface area contributed by atoms with Crippen molar-refractivity contribution in [2.75, 3.05) is 36.0 Å². The number of nitrogens with zero attached hydrogens (tertiary/aromatic N) is 7. The monoisotopic (exact) mass is 336 g/mol. The van der Waals surface area contributed by atoms with Crippen molar-refractivity contribution in [3.05, 3.63) is 29.6 Å². The first-order valence-electron chi connectivity index (χ1n) is 8.80. The lowest BCUT2D eigenvalue weighted by Gasteiger charge is -2.37. The molecule has 1 N–H and O–H groups in total. The summed E-state index contributed by atoms with van der Waals surface area (Å²) in [5.74, 6) is 2.99. The summed E-state index contributed by atoms with van der Waals surface area (Å²) >= 11 is 0. The van der Waals surface area contributed by atoms with Crippen molar-refractivity contribution >= 4 is 22.7 Å². The van der Waals surface area contributed by atoms with Gasteiger partial charge in [0.25, 0.3) is 0 Å². The molecular weight excluding hydrogens is 316 g/mol. The number of hydrogen-bond donors (Lipinski definition) is 1. The highest BCUT2D eigenvalue weighted by molar-refractivity contribution is 5.86. The number of aromatic amines is 1. The highest BCUT2D eigenvalue weighted by Gasteiger charge is 2.26. The quantitative estimate of drug-likeness (QED) is 0.754. The average Bonchev–Trinajstić information content (AvgIpc) is 3.29. The Hall–Kier alpha value is -2.77. The van der Waals surface area contributed by atoms with Gasteiger partial charge in [-0.2, -0.15) is 5.10 Å². The Morgan fingerprint density at radius 2 is 1.76 bits per heavy atom. The molecule has 128 valence electrons. The molecule has 0 radical (unpaired) electrons. The maximum atomic E-state index is 4.76. The second kappa shape index (κ2) is 5.65. The minimum absolute atomic E-state index is 0.789. The fourth-order valence-corrected chi connectivity index (χ4v) is 3.93. The Morgan fingerprint density at radius 3 is 2.60 bits per heavy atom. The van der Waals surface area contributed by atoms with Gasteiger partial charge in [0, 0.05) is 37.4 Å². The van der Waals surface area contributed by atoms with E-state index in [-0.39, 0.29) is 0 Å². The first-order chi connectivity index (χ1) is 12.3. The van der Waals surface area contributed by atoms with Gasteiger partial charge < -0.3 is 9.80 Å². The number of H-pyrrole nitrogens is 1. The van der Waals surface area contributed by atoms with Gasteiger partial charge in [-0.25, -0.2) is 19.9 Å². The predicted octanol–water partition coefficient (Wildman–Crippen LogP) is 1.27. The molecule has 4 heterocycles. The zero-order chi connectivity index (χ0) is 16.8. The smallest absolute Gasteiger partial charge is 0.160 e. The van der Waals surface area contributed by atoms with Crippen molar-refractivity contribution in [3.8, 4) is 0 Å². The van der Waals surface area contributed by atoms with Crippen molar-refractivity contribution in [3.63, 3.8) is 0 Å². The minimum Gasteiger partial charge on any atom is -0.353 e. The number of rotatable bonds is 2. The van der Waals surface area contributed by atoms with Crippen LogP contribution < -0.4 is 9.80 Å². The first-order valence-corrected chi connectivity index (χ1v) is 8.80. The molecule has 8 nitrogen and oxygen atoms in total. The van der Waals surface area contributed by atoms with E-state index in [2.05, 4.69) is 34.9 Å². The van der Waals surface area contributed by atoms with E-state index in [1.165, 1.54) is 17.7 Å². The molecule has 25 heavy (non-hydrogen) atoms. The van der Waals surface area contributed by atoms with Crippen molar-refractivity contribution in [2.24, 2.45) is 0 Å². The molecule has 1 saturated heterocycles. The molecule has 0 bridgehead atoms. The van der Waals surface area contributed by atoms with E-state index in [1.54, 1.807) is 12.5 Å². The fraction of sp³-hybridized carbons (Fsp3) is 0.471. The summed E-state index contributed by atoms with van der Waals surface area (Å²) < 4.78 is 0. The van der Waals surface area contributed by atoms with Gasteiger partial charge in [-0.05, 0) is 26.2 Å². The molecular formula is C17H20N8. The van der Waals surface area contributed by atoms with Crippen molar-refractivity contribution < 1.29 is 0 Å². The van der Waals surface area contributed by atoms with Crippen LogP contribution in [-0.4, -0.2) is 56.3 Å². The van der Waals surface area contributed by atoms with Crippen LogP contribution in [0.3, 0.4) is 0 Å². The number of nitrogens with one attached hydrogen (secondary N) is 1. The van der Waals surface area contributed by atoms with Crippen molar-refractivity contribution in [1.82, 2.24) is 30.1 Å². The molecule has 8 heteroatoms. The second-order valence-electron chi connectivity index (χ2n) is 6.68. The molecule has 3 aromatic heterocycles. The average molecular weight is 336 g/mol. The van der Waals surface area contributed by atoms with E-state index in [4.69, 9.17) is 4.98 Å². The van der Waals surface area contributed by atoms with Crippen LogP contribution in [0.2, 0.25) is 0 Å². The van der Waals surface area contributed by atoms with Gasteiger partial charge in [-0.1, -0.05) is 0 Å². The summed E-state index contributed by atoms with van der Waals surface area (Å²) in [4.78, 5) is 22.8. The highest BCUT2D eigenvalue weighted by atomic mass is 15.3. The molecule has 2 aliphatic rings. The number of anilines is 2. The largest absolute Gasteiger partial charge is 0.353 e. The van der Waals surface area contributed by atoms with Crippen LogP contribution in [0.15, 0.2) is 12.5 Å². The molecule has 1 fully saturated rings. The third-order valence-electron chi connectivity index (χ3n) is 5.13. The Labute approximate surface area is 145 Å². The minimum atomic E-state index is 0.789. The lowest BCUT2D eigenvalue weighted by Crippen LogP contribution is -2.47. The number of aromatic nitrogens is 6. The summed E-state index contributed by atoms with van der Waals surface area (Å²) in [6.45, 7) is 5.69. The second-order valence-corrected chi connectivity index (χ2v) is 6.68. The molecule has 0 spiro atoms. The molecule has 5 rings (SSSR count). The number of piperazine rings is 1. The zero-order valence-electron chi connectivity index (χ0n) is 14.2. The maximum absolute atomic E-state index is 4.76. The van der Waals surface area contributed by atoms with Crippen molar-refractivity contribution in [2.45, 2.75) is 26.2 Å². The zero-order valence-corrected chi connectivity index (χ0v) is 14.2. The first kappa shape index (κ1) is 14.6. The topological polar surface area (TPSA) is 86.7 Å². The highest BCUT2D eigenvalue weighted by Crippen LogP contribution is 2.30. The number of aryl methyl sites for hydroxylation is 2. The van der Waals surface area contributed by atoms with Crippen LogP contribution in [0.5, 0.6) is 0 Å². The van der Waals surface area contributed by atoms with Gasteiger partial charge in [0.1, 0.15) is 23.8 Å². The van der Waals surface area contributed by atoms with Gasteiger partial charge in [0.05, 0.1) is 11.6 Å². The number of fused-ring (bicyclic) bond motifs is 2. The summed E-state index contributed by atoms with van der Waals surface area (Å²) in [6.07, 6.45) is 6.79. The third-order valence-corrected chi connectivity index (χ3v) is 5.13.